The molecular weight excluding hydrogens is 335 g/mol. The van der Waals surface area contributed by atoms with Gasteiger partial charge in [-0.3, -0.25) is 9.59 Å². The van der Waals surface area contributed by atoms with E-state index < -0.39 is 17.6 Å². The van der Waals surface area contributed by atoms with Gasteiger partial charge in [0, 0.05) is 24.2 Å². The molecule has 0 spiro atoms. The van der Waals surface area contributed by atoms with Gasteiger partial charge >= 0.3 is 6.18 Å². The van der Waals surface area contributed by atoms with Gasteiger partial charge in [-0.2, -0.15) is 13.2 Å². The largest absolute Gasteiger partial charge is 0.416 e. The second kappa shape index (κ2) is 7.86. The molecule has 5 nitrogen and oxygen atoms in total. The minimum Gasteiger partial charge on any atom is -0.343 e. The lowest BCUT2D eigenvalue weighted by Gasteiger charge is -2.38. The Bertz CT molecular complexity index is 615. The zero-order chi connectivity index (χ0) is 18.6. The molecule has 2 unspecified atom stereocenters. The highest BCUT2D eigenvalue weighted by Gasteiger charge is 2.31. The van der Waals surface area contributed by atoms with Crippen LogP contribution < -0.4 is 11.1 Å². The monoisotopic (exact) mass is 357 g/mol. The fraction of sp³-hybridized carbons (Fsp3) is 0.529. The van der Waals surface area contributed by atoms with E-state index >= 15 is 0 Å². The van der Waals surface area contributed by atoms with Crippen LogP contribution in [0.15, 0.2) is 24.3 Å². The second-order valence-corrected chi connectivity index (χ2v) is 6.27. The highest BCUT2D eigenvalue weighted by Crippen LogP contribution is 2.29. The van der Waals surface area contributed by atoms with Crippen LogP contribution in [0.4, 0.5) is 13.2 Å². The summed E-state index contributed by atoms with van der Waals surface area (Å²) in [6, 6.07) is 3.66. The molecular formula is C17H22F3N3O2. The fourth-order valence-electron chi connectivity index (χ4n) is 2.98. The van der Waals surface area contributed by atoms with E-state index in [-0.39, 0.29) is 30.1 Å². The van der Waals surface area contributed by atoms with Crippen LogP contribution >= 0.6 is 0 Å². The van der Waals surface area contributed by atoms with Crippen LogP contribution in [0, 0.1) is 0 Å². The summed E-state index contributed by atoms with van der Waals surface area (Å²) in [7, 11) is 0. The molecule has 1 aliphatic heterocycles. The summed E-state index contributed by atoms with van der Waals surface area (Å²) in [5, 5.41) is 2.46. The van der Waals surface area contributed by atoms with Gasteiger partial charge in [0.05, 0.1) is 12.1 Å². The zero-order valence-electron chi connectivity index (χ0n) is 14.0. The summed E-state index contributed by atoms with van der Waals surface area (Å²) in [4.78, 5) is 26.0. The van der Waals surface area contributed by atoms with E-state index in [9.17, 15) is 22.8 Å². The number of nitrogens with zero attached hydrogens (tertiary/aromatic N) is 1. The topological polar surface area (TPSA) is 75.4 Å². The molecule has 0 bridgehead atoms. The Balaban J connectivity index is 1.93. The molecule has 3 N–H and O–H groups in total. The van der Waals surface area contributed by atoms with Gasteiger partial charge in [0.15, 0.2) is 0 Å². The lowest BCUT2D eigenvalue weighted by molar-refractivity contribution is -0.137. The molecule has 2 atom stereocenters. The van der Waals surface area contributed by atoms with Gasteiger partial charge in [0.1, 0.15) is 0 Å². The Labute approximate surface area is 144 Å². The van der Waals surface area contributed by atoms with Crippen LogP contribution in [0.25, 0.3) is 0 Å². The molecule has 1 fully saturated rings. The number of piperidine rings is 1. The van der Waals surface area contributed by atoms with Crippen LogP contribution in [0.1, 0.15) is 42.1 Å². The maximum Gasteiger partial charge on any atom is 0.416 e. The summed E-state index contributed by atoms with van der Waals surface area (Å²) >= 11 is 0. The standard InChI is InChI=1S/C17H22F3N3O2/c1-11(21)14-4-2-3-9-23(14)15(24)10-22-16(25)12-5-7-13(8-6-12)17(18,19)20/h5-8,11,14H,2-4,9-10,21H2,1H3,(H,22,25). The van der Waals surface area contributed by atoms with Crippen LogP contribution in [-0.4, -0.2) is 41.9 Å². The minimum absolute atomic E-state index is 0.0516. The quantitative estimate of drug-likeness (QED) is 0.867. The molecule has 1 aromatic carbocycles. The second-order valence-electron chi connectivity index (χ2n) is 6.27. The molecule has 0 aliphatic carbocycles. The molecule has 8 heteroatoms. The van der Waals surface area contributed by atoms with Crippen LogP contribution in [0.5, 0.6) is 0 Å². The molecule has 1 saturated heterocycles. The number of carbonyl (C=O) groups is 2. The average molecular weight is 357 g/mol. The number of rotatable bonds is 4. The summed E-state index contributed by atoms with van der Waals surface area (Å²) < 4.78 is 37.6. The van der Waals surface area contributed by atoms with Crippen LogP contribution in [0.2, 0.25) is 0 Å². The first-order chi connectivity index (χ1) is 11.7. The Morgan fingerprint density at radius 3 is 2.48 bits per heavy atom. The van der Waals surface area contributed by atoms with Crippen molar-refractivity contribution in [2.24, 2.45) is 5.73 Å². The molecule has 2 amide bonds. The van der Waals surface area contributed by atoms with Crippen molar-refractivity contribution in [1.29, 1.82) is 0 Å². The van der Waals surface area contributed by atoms with Gasteiger partial charge < -0.3 is 16.0 Å². The Morgan fingerprint density at radius 1 is 1.28 bits per heavy atom. The Hall–Kier alpha value is -2.09. The van der Waals surface area contributed by atoms with Crippen molar-refractivity contribution in [3.05, 3.63) is 35.4 Å². The number of alkyl halides is 3. The Morgan fingerprint density at radius 2 is 1.92 bits per heavy atom. The van der Waals surface area contributed by atoms with Crippen molar-refractivity contribution in [3.8, 4) is 0 Å². The zero-order valence-corrected chi connectivity index (χ0v) is 14.0. The van der Waals surface area contributed by atoms with E-state index in [0.29, 0.717) is 6.54 Å². The number of amides is 2. The fourth-order valence-corrected chi connectivity index (χ4v) is 2.98. The third-order valence-electron chi connectivity index (χ3n) is 4.35. The Kier molecular flexibility index (Phi) is 6.05. The van der Waals surface area contributed by atoms with Crippen molar-refractivity contribution in [1.82, 2.24) is 10.2 Å². The molecule has 1 heterocycles. The molecule has 1 aromatic rings. The number of hydrogen-bond donors (Lipinski definition) is 2. The number of benzene rings is 1. The maximum atomic E-state index is 12.5. The molecule has 25 heavy (non-hydrogen) atoms. The molecule has 0 aromatic heterocycles. The first-order valence-electron chi connectivity index (χ1n) is 8.20. The normalized spacial score (nSPS) is 19.4. The summed E-state index contributed by atoms with van der Waals surface area (Å²) in [5.41, 5.74) is 5.17. The number of halogens is 3. The number of nitrogens with one attached hydrogen (secondary N) is 1. The van der Waals surface area contributed by atoms with Crippen molar-refractivity contribution < 1.29 is 22.8 Å². The van der Waals surface area contributed by atoms with Gasteiger partial charge in [0.25, 0.3) is 5.91 Å². The van der Waals surface area contributed by atoms with Gasteiger partial charge in [-0.25, -0.2) is 0 Å². The van der Waals surface area contributed by atoms with Gasteiger partial charge in [-0.15, -0.1) is 0 Å². The maximum absolute atomic E-state index is 12.5. The average Bonchev–Trinajstić information content (AvgIpc) is 2.58. The predicted octanol–water partition coefficient (Wildman–Crippen LogP) is 2.16. The molecule has 0 saturated carbocycles. The third-order valence-corrected chi connectivity index (χ3v) is 4.35. The lowest BCUT2D eigenvalue weighted by atomic mass is 9.97. The van der Waals surface area contributed by atoms with Crippen molar-refractivity contribution in [2.75, 3.05) is 13.1 Å². The molecule has 2 rings (SSSR count). The number of likely N-dealkylation sites (tertiary alicyclic amines) is 1. The summed E-state index contributed by atoms with van der Waals surface area (Å²) in [6.45, 7) is 2.24. The molecule has 1 aliphatic rings. The van der Waals surface area contributed by atoms with Crippen LogP contribution in [0.3, 0.4) is 0 Å². The van der Waals surface area contributed by atoms with Gasteiger partial charge in [-0.05, 0) is 50.5 Å². The first kappa shape index (κ1) is 19.2. The first-order valence-corrected chi connectivity index (χ1v) is 8.20. The number of carbonyl (C=O) groups excluding carboxylic acids is 2. The lowest BCUT2D eigenvalue weighted by Crippen LogP contribution is -2.54. The molecule has 0 radical (unpaired) electrons. The summed E-state index contributed by atoms with van der Waals surface area (Å²) in [5.74, 6) is -0.821. The van der Waals surface area contributed by atoms with E-state index in [0.717, 1.165) is 43.5 Å². The van der Waals surface area contributed by atoms with E-state index in [2.05, 4.69) is 5.32 Å². The smallest absolute Gasteiger partial charge is 0.343 e. The van der Waals surface area contributed by atoms with Crippen molar-refractivity contribution >= 4 is 11.8 Å². The van der Waals surface area contributed by atoms with E-state index in [1.807, 2.05) is 6.92 Å². The van der Waals surface area contributed by atoms with E-state index in [4.69, 9.17) is 5.73 Å². The number of hydrogen-bond acceptors (Lipinski definition) is 3. The molecule has 138 valence electrons. The van der Waals surface area contributed by atoms with Crippen molar-refractivity contribution in [3.63, 3.8) is 0 Å². The van der Waals surface area contributed by atoms with E-state index in [1.165, 1.54) is 0 Å². The third kappa shape index (κ3) is 4.94. The SMILES string of the molecule is CC(N)C1CCCCN1C(=O)CNC(=O)c1ccc(C(F)(F)F)cc1. The van der Waals surface area contributed by atoms with E-state index in [1.54, 1.807) is 4.90 Å². The van der Waals surface area contributed by atoms with Crippen LogP contribution in [-0.2, 0) is 11.0 Å². The van der Waals surface area contributed by atoms with Gasteiger partial charge in [0.2, 0.25) is 5.91 Å². The van der Waals surface area contributed by atoms with Gasteiger partial charge in [-0.1, -0.05) is 0 Å². The van der Waals surface area contributed by atoms with Crippen molar-refractivity contribution in [2.45, 2.75) is 44.4 Å². The minimum atomic E-state index is -4.45. The predicted molar refractivity (Wildman–Crippen MR) is 86.8 cm³/mol. The summed E-state index contributed by atoms with van der Waals surface area (Å²) in [6.07, 6.45) is -1.72. The number of nitrogens with two attached hydrogens (primary N) is 1. The highest BCUT2D eigenvalue weighted by atomic mass is 19.4. The highest BCUT2D eigenvalue weighted by molar-refractivity contribution is 5.96.